The second kappa shape index (κ2) is 6.45. The standard InChI is InChI=1S/C6H3N3O7.Al.H2O.3H/c10-6-4(8(13)14)1-3(7(11)12)2-5(6)9(15)16;;;;;/h1-2,10H;;1H2;;;. The van der Waals surface area contributed by atoms with Crippen molar-refractivity contribution in [3.05, 3.63) is 42.5 Å². The highest BCUT2D eigenvalue weighted by Crippen LogP contribution is 2.38. The van der Waals surface area contributed by atoms with E-state index in [4.69, 9.17) is 5.11 Å². The average molecular weight is 277 g/mol. The van der Waals surface area contributed by atoms with Gasteiger partial charge in [-0.2, -0.15) is 0 Å². The van der Waals surface area contributed by atoms with E-state index in [-0.39, 0.29) is 22.8 Å². The van der Waals surface area contributed by atoms with E-state index in [2.05, 4.69) is 0 Å². The number of nitrogens with zero attached hydrogens (tertiary/aromatic N) is 3. The molecule has 1 aromatic rings. The molecule has 0 atom stereocenters. The van der Waals surface area contributed by atoms with E-state index in [1.807, 2.05) is 0 Å². The fourth-order valence-electron chi connectivity index (χ4n) is 0.974. The van der Waals surface area contributed by atoms with Crippen LogP contribution in [0.1, 0.15) is 0 Å². The van der Waals surface area contributed by atoms with Gasteiger partial charge in [0, 0.05) is 0 Å². The van der Waals surface area contributed by atoms with E-state index in [0.717, 1.165) is 0 Å². The smallest absolute Gasteiger partial charge is 0.324 e. The normalized spacial score (nSPS) is 8.67. The van der Waals surface area contributed by atoms with Gasteiger partial charge in [-0.1, -0.05) is 0 Å². The fourth-order valence-corrected chi connectivity index (χ4v) is 0.974. The first-order valence-electron chi connectivity index (χ1n) is 3.64. The SMILES string of the molecule is O.O=[N+]([O-])c1cc([N+](=O)[O-])c(O)c([N+](=O)[O-])c1.[AlH3]. The van der Waals surface area contributed by atoms with Crippen LogP contribution in [0.5, 0.6) is 5.75 Å². The Labute approximate surface area is 109 Å². The molecule has 12 heteroatoms. The summed E-state index contributed by atoms with van der Waals surface area (Å²) in [6, 6.07) is 0.894. The predicted octanol–water partition coefficient (Wildman–Crippen LogP) is -0.892. The van der Waals surface area contributed by atoms with E-state index in [0.29, 0.717) is 12.1 Å². The molecule has 11 nitrogen and oxygen atoms in total. The van der Waals surface area contributed by atoms with Crippen molar-refractivity contribution in [2.24, 2.45) is 0 Å². The molecule has 0 aliphatic rings. The number of hydrogen-bond acceptors (Lipinski definition) is 7. The molecular formula is C6H8AlN3O8. The minimum absolute atomic E-state index is 0. The Balaban J connectivity index is 0. The van der Waals surface area contributed by atoms with E-state index in [1.165, 1.54) is 0 Å². The second-order valence-electron chi connectivity index (χ2n) is 2.60. The van der Waals surface area contributed by atoms with E-state index in [1.54, 1.807) is 0 Å². The van der Waals surface area contributed by atoms with E-state index < -0.39 is 37.6 Å². The van der Waals surface area contributed by atoms with Gasteiger partial charge in [-0.25, -0.2) is 0 Å². The third-order valence-corrected chi connectivity index (χ3v) is 1.66. The van der Waals surface area contributed by atoms with E-state index >= 15 is 0 Å². The van der Waals surface area contributed by atoms with Crippen molar-refractivity contribution in [2.45, 2.75) is 0 Å². The average Bonchev–Trinajstić information content (AvgIpc) is 2.16. The second-order valence-corrected chi connectivity index (χ2v) is 2.60. The summed E-state index contributed by atoms with van der Waals surface area (Å²) in [7, 11) is 0. The van der Waals surface area contributed by atoms with Gasteiger partial charge in [0.25, 0.3) is 11.4 Å². The molecule has 0 aliphatic carbocycles. The van der Waals surface area contributed by atoms with Gasteiger partial charge in [0.15, 0.2) is 17.4 Å². The number of benzene rings is 1. The number of nitro groups is 3. The molecule has 0 aromatic heterocycles. The summed E-state index contributed by atoms with van der Waals surface area (Å²) in [5.74, 6) is -1.21. The molecule has 3 N–H and O–H groups in total. The Bertz CT molecular complexity index is 469. The Kier molecular flexibility index (Phi) is 6.48. The highest BCUT2D eigenvalue weighted by molar-refractivity contribution is 5.75. The summed E-state index contributed by atoms with van der Waals surface area (Å²) < 4.78 is 0. The number of rotatable bonds is 3. The van der Waals surface area contributed by atoms with Crippen LogP contribution in [-0.2, 0) is 0 Å². The summed E-state index contributed by atoms with van der Waals surface area (Å²) in [5.41, 5.74) is -3.00. The first-order chi connectivity index (χ1) is 7.34. The molecular weight excluding hydrogens is 269 g/mol. The predicted molar refractivity (Wildman–Crippen MR) is 61.6 cm³/mol. The highest BCUT2D eigenvalue weighted by Gasteiger charge is 2.29. The van der Waals surface area contributed by atoms with Crippen molar-refractivity contribution in [2.75, 3.05) is 0 Å². The lowest BCUT2D eigenvalue weighted by molar-refractivity contribution is -0.404. The topological polar surface area (TPSA) is 181 Å². The number of aromatic hydroxyl groups is 1. The zero-order valence-corrected chi connectivity index (χ0v) is 7.89. The molecule has 0 unspecified atom stereocenters. The van der Waals surface area contributed by atoms with Crippen LogP contribution >= 0.6 is 0 Å². The largest absolute Gasteiger partial charge is 0.497 e. The molecule has 0 radical (unpaired) electrons. The monoisotopic (exact) mass is 277 g/mol. The molecule has 0 saturated carbocycles. The first-order valence-corrected chi connectivity index (χ1v) is 3.64. The summed E-state index contributed by atoms with van der Waals surface area (Å²) in [4.78, 5) is 27.8. The van der Waals surface area contributed by atoms with Crippen molar-refractivity contribution >= 4 is 34.4 Å². The van der Waals surface area contributed by atoms with Gasteiger partial charge in [-0.15, -0.1) is 0 Å². The fraction of sp³-hybridized carbons (Fsp3) is 0. The number of non-ortho nitro benzene ring substituents is 1. The van der Waals surface area contributed by atoms with Crippen LogP contribution in [0.25, 0.3) is 0 Å². The number of nitro benzene ring substituents is 3. The lowest BCUT2D eigenvalue weighted by Gasteiger charge is -1.97. The van der Waals surface area contributed by atoms with E-state index in [9.17, 15) is 30.3 Å². The van der Waals surface area contributed by atoms with Gasteiger partial charge in [-0.3, -0.25) is 30.3 Å². The van der Waals surface area contributed by atoms with Crippen LogP contribution in [-0.4, -0.2) is 42.7 Å². The highest BCUT2D eigenvalue weighted by atomic mass is 27.0. The maximum atomic E-state index is 10.4. The summed E-state index contributed by atoms with van der Waals surface area (Å²) in [5, 5.41) is 40.2. The molecule has 0 aliphatic heterocycles. The zero-order chi connectivity index (χ0) is 12.5. The maximum absolute atomic E-state index is 10.4. The van der Waals surface area contributed by atoms with Gasteiger partial charge in [0.05, 0.1) is 26.9 Å². The van der Waals surface area contributed by atoms with Crippen molar-refractivity contribution in [3.63, 3.8) is 0 Å². The van der Waals surface area contributed by atoms with Crippen LogP contribution in [0.3, 0.4) is 0 Å². The summed E-state index contributed by atoms with van der Waals surface area (Å²) in [6.45, 7) is 0. The van der Waals surface area contributed by atoms with Gasteiger partial charge in [0.1, 0.15) is 0 Å². The Morgan fingerprint density at radius 1 is 0.889 bits per heavy atom. The van der Waals surface area contributed by atoms with Gasteiger partial charge in [-0.05, 0) is 0 Å². The number of hydrogen-bond donors (Lipinski definition) is 1. The molecule has 1 rings (SSSR count). The third-order valence-electron chi connectivity index (χ3n) is 1.66. The van der Waals surface area contributed by atoms with Gasteiger partial charge < -0.3 is 10.6 Å². The third kappa shape index (κ3) is 3.35. The van der Waals surface area contributed by atoms with Gasteiger partial charge in [0.2, 0.25) is 0 Å². The molecule has 0 spiro atoms. The zero-order valence-electron chi connectivity index (χ0n) is 7.89. The molecule has 18 heavy (non-hydrogen) atoms. The Morgan fingerprint density at radius 3 is 1.44 bits per heavy atom. The van der Waals surface area contributed by atoms with Crippen LogP contribution in [0.15, 0.2) is 12.1 Å². The quantitative estimate of drug-likeness (QED) is 0.422. The van der Waals surface area contributed by atoms with Crippen LogP contribution < -0.4 is 0 Å². The molecule has 1 aromatic carbocycles. The maximum Gasteiger partial charge on any atom is 0.324 e. The van der Waals surface area contributed by atoms with Crippen molar-refractivity contribution in [1.29, 1.82) is 0 Å². The lowest BCUT2D eigenvalue weighted by Crippen LogP contribution is -1.97. The molecule has 0 amide bonds. The van der Waals surface area contributed by atoms with Crippen molar-refractivity contribution in [3.8, 4) is 5.75 Å². The van der Waals surface area contributed by atoms with Crippen molar-refractivity contribution in [1.82, 2.24) is 0 Å². The van der Waals surface area contributed by atoms with Crippen LogP contribution in [0.4, 0.5) is 17.1 Å². The number of phenolic OH excluding ortho intramolecular Hbond substituents is 1. The molecule has 0 bridgehead atoms. The summed E-state index contributed by atoms with van der Waals surface area (Å²) >= 11 is 0. The molecule has 0 fully saturated rings. The molecule has 98 valence electrons. The van der Waals surface area contributed by atoms with Crippen LogP contribution in [0, 0.1) is 30.3 Å². The first kappa shape index (κ1) is 18.1. The van der Waals surface area contributed by atoms with Gasteiger partial charge >= 0.3 is 11.4 Å². The minimum atomic E-state index is -1.21. The summed E-state index contributed by atoms with van der Waals surface area (Å²) in [6.07, 6.45) is 0. The molecule has 0 saturated heterocycles. The Morgan fingerprint density at radius 2 is 1.22 bits per heavy atom. The minimum Gasteiger partial charge on any atom is -0.497 e. The Hall–Kier alpha value is -2.29. The van der Waals surface area contributed by atoms with Crippen molar-refractivity contribution < 1.29 is 25.4 Å². The number of phenols is 1. The molecule has 0 heterocycles. The van der Waals surface area contributed by atoms with Crippen LogP contribution in [0.2, 0.25) is 0 Å². The lowest BCUT2D eigenvalue weighted by atomic mass is 10.2.